The lowest BCUT2D eigenvalue weighted by atomic mass is 10.1. The van der Waals surface area contributed by atoms with Gasteiger partial charge in [-0.05, 0) is 42.3 Å². The van der Waals surface area contributed by atoms with E-state index in [-0.39, 0.29) is 17.6 Å². The zero-order valence-electron chi connectivity index (χ0n) is 15.5. The third-order valence-corrected chi connectivity index (χ3v) is 6.10. The van der Waals surface area contributed by atoms with Gasteiger partial charge in [0.25, 0.3) is 0 Å². The Morgan fingerprint density at radius 2 is 1.82 bits per heavy atom. The van der Waals surface area contributed by atoms with Crippen LogP contribution in [0.2, 0.25) is 15.1 Å². The average Bonchev–Trinajstić information content (AvgIpc) is 2.67. The van der Waals surface area contributed by atoms with Crippen LogP contribution in [0.25, 0.3) is 0 Å². The third kappa shape index (κ3) is 6.59. The van der Waals surface area contributed by atoms with Gasteiger partial charge in [-0.15, -0.1) is 11.8 Å². The fourth-order valence-corrected chi connectivity index (χ4v) is 3.98. The molecular weight excluding hydrogens is 439 g/mol. The number of nitrogens with one attached hydrogen (secondary N) is 1. The maximum Gasteiger partial charge on any atom is 0.242 e. The Kier molecular flexibility index (Phi) is 8.96. The van der Waals surface area contributed by atoms with Crippen LogP contribution in [0.3, 0.4) is 0 Å². The van der Waals surface area contributed by atoms with Crippen molar-refractivity contribution in [1.29, 1.82) is 0 Å². The van der Waals surface area contributed by atoms with E-state index in [1.54, 1.807) is 43.1 Å². The first-order valence-electron chi connectivity index (χ1n) is 8.59. The molecule has 0 aromatic heterocycles. The van der Waals surface area contributed by atoms with E-state index in [1.807, 2.05) is 18.2 Å². The van der Waals surface area contributed by atoms with Crippen LogP contribution < -0.4 is 5.32 Å². The van der Waals surface area contributed by atoms with Crippen LogP contribution in [-0.4, -0.2) is 35.6 Å². The summed E-state index contributed by atoms with van der Waals surface area (Å²) in [7, 11) is 1.56. The lowest BCUT2D eigenvalue weighted by Gasteiger charge is -2.28. The Balaban J connectivity index is 2.05. The predicted molar refractivity (Wildman–Crippen MR) is 118 cm³/mol. The summed E-state index contributed by atoms with van der Waals surface area (Å²) in [5.74, 6) is 0.510. The van der Waals surface area contributed by atoms with Gasteiger partial charge in [0.1, 0.15) is 6.04 Å². The molecule has 0 fully saturated rings. The number of likely N-dealkylation sites (N-methyl/N-ethyl adjacent to an activating group) is 1. The zero-order chi connectivity index (χ0) is 20.7. The van der Waals surface area contributed by atoms with Crippen LogP contribution >= 0.6 is 46.6 Å². The Morgan fingerprint density at radius 1 is 1.07 bits per heavy atom. The van der Waals surface area contributed by atoms with Crippen LogP contribution in [0.4, 0.5) is 0 Å². The molecule has 0 heterocycles. The first kappa shape index (κ1) is 22.9. The summed E-state index contributed by atoms with van der Waals surface area (Å²) in [5.41, 5.74) is 1.85. The Hall–Kier alpha value is -1.40. The van der Waals surface area contributed by atoms with E-state index in [1.165, 1.54) is 11.8 Å². The van der Waals surface area contributed by atoms with Gasteiger partial charge in [0, 0.05) is 24.4 Å². The second-order valence-corrected chi connectivity index (χ2v) is 8.42. The maximum absolute atomic E-state index is 12.9. The second-order valence-electron chi connectivity index (χ2n) is 6.18. The minimum atomic E-state index is -0.595. The molecule has 4 nitrogen and oxygen atoms in total. The molecule has 0 bridgehead atoms. The Labute approximate surface area is 184 Å². The summed E-state index contributed by atoms with van der Waals surface area (Å²) in [6.07, 6.45) is 0. The number of amides is 2. The summed E-state index contributed by atoms with van der Waals surface area (Å²) < 4.78 is 0. The van der Waals surface area contributed by atoms with Crippen molar-refractivity contribution in [3.8, 4) is 0 Å². The van der Waals surface area contributed by atoms with Gasteiger partial charge in [-0.2, -0.15) is 0 Å². The van der Waals surface area contributed by atoms with Gasteiger partial charge in [0.2, 0.25) is 11.8 Å². The number of carbonyl (C=O) groups excluding carboxylic acids is 2. The fourth-order valence-electron chi connectivity index (χ4n) is 2.59. The van der Waals surface area contributed by atoms with E-state index in [9.17, 15) is 9.59 Å². The lowest BCUT2D eigenvalue weighted by Crippen LogP contribution is -2.47. The molecule has 0 saturated carbocycles. The second kappa shape index (κ2) is 11.0. The lowest BCUT2D eigenvalue weighted by molar-refractivity contribution is -0.138. The van der Waals surface area contributed by atoms with Crippen molar-refractivity contribution in [3.05, 3.63) is 68.7 Å². The van der Waals surface area contributed by atoms with Gasteiger partial charge < -0.3 is 10.2 Å². The Morgan fingerprint density at radius 3 is 2.46 bits per heavy atom. The van der Waals surface area contributed by atoms with E-state index in [4.69, 9.17) is 34.8 Å². The molecule has 0 unspecified atom stereocenters. The molecule has 1 atom stereocenters. The molecule has 150 valence electrons. The summed E-state index contributed by atoms with van der Waals surface area (Å²) in [6, 6.07) is 12.1. The fraction of sp³-hybridized carbons (Fsp3) is 0.300. The number of hydrogen-bond acceptors (Lipinski definition) is 3. The third-order valence-electron chi connectivity index (χ3n) is 4.13. The van der Waals surface area contributed by atoms with Gasteiger partial charge in [-0.3, -0.25) is 9.59 Å². The highest BCUT2D eigenvalue weighted by molar-refractivity contribution is 7.99. The van der Waals surface area contributed by atoms with Crippen LogP contribution in [0.15, 0.2) is 42.5 Å². The number of nitrogens with zero attached hydrogens (tertiary/aromatic N) is 1. The molecule has 2 aromatic carbocycles. The largest absolute Gasteiger partial charge is 0.357 e. The predicted octanol–water partition coefficient (Wildman–Crippen LogP) is 5.04. The SMILES string of the molecule is CNC(=O)[C@H](C)N(Cc1cccc(Cl)c1)C(=O)CSCc1ccc(Cl)c(Cl)c1. The molecular formula is C20H21Cl3N2O2S. The number of thioether (sulfide) groups is 1. The van der Waals surface area contributed by atoms with Crippen LogP contribution in [0.1, 0.15) is 18.1 Å². The number of halogens is 3. The van der Waals surface area contributed by atoms with Gasteiger partial charge in [0.05, 0.1) is 15.8 Å². The molecule has 0 aliphatic rings. The van der Waals surface area contributed by atoms with Crippen molar-refractivity contribution in [1.82, 2.24) is 10.2 Å². The topological polar surface area (TPSA) is 49.4 Å². The van der Waals surface area contributed by atoms with Crippen LogP contribution in [0, 0.1) is 0 Å². The molecule has 0 aliphatic heterocycles. The standard InChI is InChI=1S/C20H21Cl3N2O2S/c1-13(20(27)24-2)25(10-14-4-3-5-16(21)8-14)19(26)12-28-11-15-6-7-17(22)18(23)9-15/h3-9,13H,10-12H2,1-2H3,(H,24,27)/t13-/m0/s1. The van der Waals surface area contributed by atoms with E-state index < -0.39 is 6.04 Å². The normalized spacial score (nSPS) is 11.8. The highest BCUT2D eigenvalue weighted by Gasteiger charge is 2.25. The summed E-state index contributed by atoms with van der Waals surface area (Å²) in [4.78, 5) is 26.5. The van der Waals surface area contributed by atoms with E-state index >= 15 is 0 Å². The van der Waals surface area contributed by atoms with Gasteiger partial charge in [-0.1, -0.05) is 53.0 Å². The van der Waals surface area contributed by atoms with E-state index in [0.717, 1.165) is 11.1 Å². The van der Waals surface area contributed by atoms with E-state index in [0.29, 0.717) is 27.4 Å². The van der Waals surface area contributed by atoms with Gasteiger partial charge in [0.15, 0.2) is 0 Å². The monoisotopic (exact) mass is 458 g/mol. The molecule has 28 heavy (non-hydrogen) atoms. The van der Waals surface area contributed by atoms with Gasteiger partial charge in [-0.25, -0.2) is 0 Å². The molecule has 0 aliphatic carbocycles. The molecule has 8 heteroatoms. The van der Waals surface area contributed by atoms with Gasteiger partial charge >= 0.3 is 0 Å². The number of carbonyl (C=O) groups is 2. The van der Waals surface area contributed by atoms with E-state index in [2.05, 4.69) is 5.32 Å². The van der Waals surface area contributed by atoms with Crippen molar-refractivity contribution in [2.24, 2.45) is 0 Å². The average molecular weight is 460 g/mol. The summed E-state index contributed by atoms with van der Waals surface area (Å²) in [6.45, 7) is 2.02. The molecule has 0 saturated heterocycles. The maximum atomic E-state index is 12.9. The van der Waals surface area contributed by atoms with Crippen molar-refractivity contribution in [2.45, 2.75) is 25.3 Å². The summed E-state index contributed by atoms with van der Waals surface area (Å²) >= 11 is 19.5. The van der Waals surface area contributed by atoms with Crippen molar-refractivity contribution >= 4 is 58.4 Å². The molecule has 2 aromatic rings. The molecule has 0 spiro atoms. The number of benzene rings is 2. The van der Waals surface area contributed by atoms with Crippen LogP contribution in [-0.2, 0) is 21.9 Å². The number of hydrogen-bond donors (Lipinski definition) is 1. The minimum Gasteiger partial charge on any atom is -0.357 e. The van der Waals surface area contributed by atoms with Crippen LogP contribution in [0.5, 0.6) is 0 Å². The van der Waals surface area contributed by atoms with Crippen molar-refractivity contribution in [3.63, 3.8) is 0 Å². The molecule has 2 rings (SSSR count). The van der Waals surface area contributed by atoms with Crippen molar-refractivity contribution < 1.29 is 9.59 Å². The zero-order valence-corrected chi connectivity index (χ0v) is 18.6. The first-order chi connectivity index (χ1) is 13.3. The number of rotatable bonds is 8. The first-order valence-corrected chi connectivity index (χ1v) is 10.9. The summed E-state index contributed by atoms with van der Waals surface area (Å²) in [5, 5.41) is 4.17. The molecule has 0 radical (unpaired) electrons. The molecule has 2 amide bonds. The minimum absolute atomic E-state index is 0.124. The quantitative estimate of drug-likeness (QED) is 0.601. The highest BCUT2D eigenvalue weighted by atomic mass is 35.5. The molecule has 1 N–H and O–H groups in total. The smallest absolute Gasteiger partial charge is 0.242 e. The van der Waals surface area contributed by atoms with Crippen molar-refractivity contribution in [2.75, 3.05) is 12.8 Å². The highest BCUT2D eigenvalue weighted by Crippen LogP contribution is 2.25. The Bertz CT molecular complexity index is 848.